The highest BCUT2D eigenvalue weighted by atomic mass is 79.9. The summed E-state index contributed by atoms with van der Waals surface area (Å²) >= 11 is 3.54. The highest BCUT2D eigenvalue weighted by Crippen LogP contribution is 2.24. The maximum Gasteiger partial charge on any atom is 0.226 e. The lowest BCUT2D eigenvalue weighted by molar-refractivity contribution is 0.327. The quantitative estimate of drug-likeness (QED) is 0.913. The Morgan fingerprint density at radius 2 is 2.33 bits per heavy atom. The molecule has 5 heteroatoms. The van der Waals surface area contributed by atoms with E-state index in [0.29, 0.717) is 5.82 Å². The predicted molar refractivity (Wildman–Crippen MR) is 86.1 cm³/mol. The van der Waals surface area contributed by atoms with Gasteiger partial charge < -0.3 is 9.84 Å². The van der Waals surface area contributed by atoms with Crippen LogP contribution in [0, 0.1) is 12.8 Å². The minimum Gasteiger partial charge on any atom is -0.339 e. The van der Waals surface area contributed by atoms with Gasteiger partial charge in [0, 0.05) is 16.5 Å². The lowest BCUT2D eigenvalue weighted by Crippen LogP contribution is -2.29. The molecule has 3 rings (SSSR count). The maximum absolute atomic E-state index is 5.38. The second kappa shape index (κ2) is 6.71. The molecule has 0 amide bonds. The number of aryl methyl sites for hydroxylation is 2. The summed E-state index contributed by atoms with van der Waals surface area (Å²) in [5.74, 6) is 2.15. The Balaban J connectivity index is 1.63. The van der Waals surface area contributed by atoms with E-state index in [0.717, 1.165) is 47.8 Å². The number of halogens is 1. The van der Waals surface area contributed by atoms with Gasteiger partial charge >= 0.3 is 0 Å². The third-order valence-electron chi connectivity index (χ3n) is 4.06. The van der Waals surface area contributed by atoms with Gasteiger partial charge in [-0.3, -0.25) is 0 Å². The van der Waals surface area contributed by atoms with Gasteiger partial charge in [-0.25, -0.2) is 0 Å². The Hall–Kier alpha value is -1.20. The lowest BCUT2D eigenvalue weighted by atomic mass is 9.95. The Morgan fingerprint density at radius 3 is 3.10 bits per heavy atom. The van der Waals surface area contributed by atoms with Crippen LogP contribution in [0.2, 0.25) is 0 Å². The van der Waals surface area contributed by atoms with Crippen molar-refractivity contribution in [1.82, 2.24) is 15.5 Å². The Bertz CT molecular complexity index is 605. The number of piperidine rings is 1. The Labute approximate surface area is 133 Å². The van der Waals surface area contributed by atoms with Gasteiger partial charge in [0.2, 0.25) is 11.7 Å². The molecule has 1 N–H and O–H groups in total. The first-order valence-corrected chi connectivity index (χ1v) is 8.31. The molecule has 0 saturated carbocycles. The summed E-state index contributed by atoms with van der Waals surface area (Å²) < 4.78 is 6.45. The lowest BCUT2D eigenvalue weighted by Gasteiger charge is -2.21. The number of hydrogen-bond acceptors (Lipinski definition) is 4. The van der Waals surface area contributed by atoms with Crippen molar-refractivity contribution in [1.29, 1.82) is 0 Å². The van der Waals surface area contributed by atoms with Crippen LogP contribution in [0.5, 0.6) is 0 Å². The molecule has 112 valence electrons. The second-order valence-electron chi connectivity index (χ2n) is 5.73. The van der Waals surface area contributed by atoms with E-state index in [-0.39, 0.29) is 0 Å². The fourth-order valence-electron chi connectivity index (χ4n) is 2.70. The van der Waals surface area contributed by atoms with Crippen LogP contribution in [0.25, 0.3) is 11.4 Å². The SMILES string of the molecule is Cc1ccc(-c2noc(CCC3CCCNC3)n2)cc1Br. The van der Waals surface area contributed by atoms with E-state index in [9.17, 15) is 0 Å². The fraction of sp³-hybridized carbons (Fsp3) is 0.500. The van der Waals surface area contributed by atoms with Crippen molar-refractivity contribution in [2.75, 3.05) is 13.1 Å². The third-order valence-corrected chi connectivity index (χ3v) is 4.92. The summed E-state index contributed by atoms with van der Waals surface area (Å²) in [5, 5.41) is 7.54. The van der Waals surface area contributed by atoms with Gasteiger partial charge in [0.05, 0.1) is 0 Å². The average Bonchev–Trinajstić information content (AvgIpc) is 2.98. The monoisotopic (exact) mass is 349 g/mol. The van der Waals surface area contributed by atoms with Gasteiger partial charge in [0.1, 0.15) is 0 Å². The largest absolute Gasteiger partial charge is 0.339 e. The Kier molecular flexibility index (Phi) is 4.70. The van der Waals surface area contributed by atoms with Gasteiger partial charge in [0.15, 0.2) is 0 Å². The molecule has 4 nitrogen and oxygen atoms in total. The van der Waals surface area contributed by atoms with E-state index >= 15 is 0 Å². The van der Waals surface area contributed by atoms with Crippen LogP contribution < -0.4 is 5.32 Å². The van der Waals surface area contributed by atoms with E-state index in [1.54, 1.807) is 0 Å². The first kappa shape index (κ1) is 14.7. The van der Waals surface area contributed by atoms with E-state index in [1.165, 1.54) is 18.4 Å². The summed E-state index contributed by atoms with van der Waals surface area (Å²) in [6, 6.07) is 6.12. The molecule has 1 aliphatic rings. The zero-order valence-corrected chi connectivity index (χ0v) is 13.8. The summed E-state index contributed by atoms with van der Waals surface area (Å²) in [5.41, 5.74) is 2.19. The first-order chi connectivity index (χ1) is 10.2. The third kappa shape index (κ3) is 3.71. The number of aromatic nitrogens is 2. The molecule has 0 spiro atoms. The molecular weight excluding hydrogens is 330 g/mol. The maximum atomic E-state index is 5.38. The number of nitrogens with zero attached hydrogens (tertiary/aromatic N) is 2. The summed E-state index contributed by atoms with van der Waals surface area (Å²) in [6.07, 6.45) is 4.56. The van der Waals surface area contributed by atoms with Gasteiger partial charge in [0.25, 0.3) is 0 Å². The average molecular weight is 350 g/mol. The molecule has 1 aromatic heterocycles. The molecule has 2 heterocycles. The molecule has 1 atom stereocenters. The minimum absolute atomic E-state index is 0.674. The minimum atomic E-state index is 0.674. The van der Waals surface area contributed by atoms with Crippen molar-refractivity contribution in [3.05, 3.63) is 34.1 Å². The number of hydrogen-bond donors (Lipinski definition) is 1. The standard InChI is InChI=1S/C16H20BrN3O/c1-11-4-6-13(9-14(11)17)16-19-15(21-20-16)7-5-12-3-2-8-18-10-12/h4,6,9,12,18H,2-3,5,7-8,10H2,1H3. The van der Waals surface area contributed by atoms with Gasteiger partial charge in [-0.1, -0.05) is 33.2 Å². The highest BCUT2D eigenvalue weighted by Gasteiger charge is 2.15. The number of nitrogens with one attached hydrogen (secondary N) is 1. The molecule has 1 fully saturated rings. The number of rotatable bonds is 4. The van der Waals surface area contributed by atoms with E-state index in [1.807, 2.05) is 12.1 Å². The van der Waals surface area contributed by atoms with Crippen LogP contribution >= 0.6 is 15.9 Å². The first-order valence-electron chi connectivity index (χ1n) is 7.52. The van der Waals surface area contributed by atoms with Crippen LogP contribution in [0.15, 0.2) is 27.2 Å². The van der Waals surface area contributed by atoms with Crippen molar-refractivity contribution in [2.24, 2.45) is 5.92 Å². The summed E-state index contributed by atoms with van der Waals surface area (Å²) in [6.45, 7) is 4.34. The van der Waals surface area contributed by atoms with Crippen molar-refractivity contribution >= 4 is 15.9 Å². The topological polar surface area (TPSA) is 51.0 Å². The van der Waals surface area contributed by atoms with Crippen LogP contribution in [0.1, 0.15) is 30.7 Å². The van der Waals surface area contributed by atoms with Gasteiger partial charge in [-0.15, -0.1) is 0 Å². The molecule has 0 radical (unpaired) electrons. The molecule has 0 bridgehead atoms. The Morgan fingerprint density at radius 1 is 1.43 bits per heavy atom. The molecule has 0 aliphatic carbocycles. The predicted octanol–water partition coefficient (Wildman–Crippen LogP) is 3.74. The van der Waals surface area contributed by atoms with Crippen LogP contribution in [-0.4, -0.2) is 23.2 Å². The molecule has 1 saturated heterocycles. The van der Waals surface area contributed by atoms with Gasteiger partial charge in [-0.2, -0.15) is 4.98 Å². The van der Waals surface area contributed by atoms with Crippen molar-refractivity contribution in [3.63, 3.8) is 0 Å². The zero-order chi connectivity index (χ0) is 14.7. The van der Waals surface area contributed by atoms with Gasteiger partial charge in [-0.05, 0) is 56.8 Å². The summed E-state index contributed by atoms with van der Waals surface area (Å²) in [7, 11) is 0. The molecule has 1 aromatic carbocycles. The van der Waals surface area contributed by atoms with Crippen molar-refractivity contribution < 1.29 is 4.52 Å². The smallest absolute Gasteiger partial charge is 0.226 e. The molecule has 1 aliphatic heterocycles. The van der Waals surface area contributed by atoms with E-state index in [2.05, 4.69) is 44.4 Å². The van der Waals surface area contributed by atoms with Crippen LogP contribution in [0.3, 0.4) is 0 Å². The summed E-state index contributed by atoms with van der Waals surface area (Å²) in [4.78, 5) is 4.52. The molecular formula is C16H20BrN3O. The molecule has 21 heavy (non-hydrogen) atoms. The number of benzene rings is 1. The molecule has 2 aromatic rings. The van der Waals surface area contributed by atoms with Crippen LogP contribution in [0.4, 0.5) is 0 Å². The highest BCUT2D eigenvalue weighted by molar-refractivity contribution is 9.10. The normalized spacial score (nSPS) is 18.9. The van der Waals surface area contributed by atoms with E-state index < -0.39 is 0 Å². The second-order valence-corrected chi connectivity index (χ2v) is 6.58. The molecule has 1 unspecified atom stereocenters. The van der Waals surface area contributed by atoms with E-state index in [4.69, 9.17) is 4.52 Å². The zero-order valence-electron chi connectivity index (χ0n) is 12.2. The fourth-order valence-corrected chi connectivity index (χ4v) is 3.08. The van der Waals surface area contributed by atoms with Crippen molar-refractivity contribution in [3.8, 4) is 11.4 Å². The van der Waals surface area contributed by atoms with Crippen LogP contribution in [-0.2, 0) is 6.42 Å². The van der Waals surface area contributed by atoms with Crippen molar-refractivity contribution in [2.45, 2.75) is 32.6 Å².